The SMILES string of the molecule is Cc1ccc(N2CCCC2)c(C2(C(=O)O)CC2)c1. The van der Waals surface area contributed by atoms with E-state index >= 15 is 0 Å². The molecule has 1 N–H and O–H groups in total. The highest BCUT2D eigenvalue weighted by atomic mass is 16.4. The fourth-order valence-electron chi connectivity index (χ4n) is 2.99. The molecule has 0 radical (unpaired) electrons. The number of rotatable bonds is 3. The normalized spacial score (nSPS) is 21.1. The minimum Gasteiger partial charge on any atom is -0.481 e. The van der Waals surface area contributed by atoms with E-state index in [-0.39, 0.29) is 0 Å². The predicted molar refractivity (Wildman–Crippen MR) is 71.2 cm³/mol. The van der Waals surface area contributed by atoms with E-state index < -0.39 is 11.4 Å². The number of hydrogen-bond donors (Lipinski definition) is 1. The van der Waals surface area contributed by atoms with Gasteiger partial charge < -0.3 is 10.0 Å². The molecule has 2 fully saturated rings. The third-order valence-corrected chi connectivity index (χ3v) is 4.27. The van der Waals surface area contributed by atoms with Crippen LogP contribution in [0.15, 0.2) is 18.2 Å². The van der Waals surface area contributed by atoms with Crippen LogP contribution in [0, 0.1) is 6.92 Å². The van der Waals surface area contributed by atoms with Crippen molar-refractivity contribution in [3.63, 3.8) is 0 Å². The Morgan fingerprint density at radius 1 is 1.28 bits per heavy atom. The van der Waals surface area contributed by atoms with Gasteiger partial charge >= 0.3 is 5.97 Å². The molecule has 3 heteroatoms. The van der Waals surface area contributed by atoms with Gasteiger partial charge in [0.2, 0.25) is 0 Å². The molecule has 1 heterocycles. The molecule has 96 valence electrons. The minimum absolute atomic E-state index is 0.593. The van der Waals surface area contributed by atoms with Gasteiger partial charge in [-0.2, -0.15) is 0 Å². The number of carbonyl (C=O) groups is 1. The topological polar surface area (TPSA) is 40.5 Å². The van der Waals surface area contributed by atoms with Gasteiger partial charge in [0.25, 0.3) is 0 Å². The van der Waals surface area contributed by atoms with Crippen LogP contribution in [0.25, 0.3) is 0 Å². The van der Waals surface area contributed by atoms with Crippen molar-refractivity contribution < 1.29 is 9.90 Å². The zero-order valence-corrected chi connectivity index (χ0v) is 10.8. The second kappa shape index (κ2) is 4.01. The lowest BCUT2D eigenvalue weighted by Crippen LogP contribution is -2.26. The van der Waals surface area contributed by atoms with Crippen molar-refractivity contribution in [2.24, 2.45) is 0 Å². The van der Waals surface area contributed by atoms with Gasteiger partial charge in [-0.05, 0) is 44.2 Å². The molecule has 3 nitrogen and oxygen atoms in total. The Bertz CT molecular complexity index is 485. The molecule has 1 aromatic rings. The fraction of sp³-hybridized carbons (Fsp3) is 0.533. The lowest BCUT2D eigenvalue weighted by atomic mass is 9.92. The number of carboxylic acid groups (broad SMARTS) is 1. The van der Waals surface area contributed by atoms with Gasteiger partial charge in [-0.25, -0.2) is 0 Å². The number of aliphatic carboxylic acids is 1. The molecule has 0 bridgehead atoms. The summed E-state index contributed by atoms with van der Waals surface area (Å²) in [5.41, 5.74) is 2.75. The first-order chi connectivity index (χ1) is 8.63. The van der Waals surface area contributed by atoms with Gasteiger partial charge in [0.15, 0.2) is 0 Å². The first-order valence-corrected chi connectivity index (χ1v) is 6.73. The Hall–Kier alpha value is -1.51. The Labute approximate surface area is 107 Å². The van der Waals surface area contributed by atoms with Crippen molar-refractivity contribution in [2.75, 3.05) is 18.0 Å². The molecule has 1 saturated carbocycles. The third kappa shape index (κ3) is 1.69. The van der Waals surface area contributed by atoms with Gasteiger partial charge in [0.05, 0.1) is 5.41 Å². The van der Waals surface area contributed by atoms with Crippen molar-refractivity contribution >= 4 is 11.7 Å². The van der Waals surface area contributed by atoms with Gasteiger partial charge in [-0.3, -0.25) is 4.79 Å². The maximum absolute atomic E-state index is 11.5. The Morgan fingerprint density at radius 2 is 1.94 bits per heavy atom. The van der Waals surface area contributed by atoms with Crippen molar-refractivity contribution in [2.45, 2.75) is 38.0 Å². The van der Waals surface area contributed by atoms with E-state index in [1.165, 1.54) is 12.8 Å². The third-order valence-electron chi connectivity index (χ3n) is 4.27. The van der Waals surface area contributed by atoms with Crippen LogP contribution in [0.3, 0.4) is 0 Å². The number of nitrogens with zero attached hydrogens (tertiary/aromatic N) is 1. The summed E-state index contributed by atoms with van der Waals surface area (Å²) in [6, 6.07) is 6.28. The highest BCUT2D eigenvalue weighted by Crippen LogP contribution is 2.52. The average molecular weight is 245 g/mol. The number of benzene rings is 1. The molecule has 2 aliphatic rings. The van der Waals surface area contributed by atoms with Crippen LogP contribution in [-0.2, 0) is 10.2 Å². The summed E-state index contributed by atoms with van der Waals surface area (Å²) in [5.74, 6) is -0.659. The van der Waals surface area contributed by atoms with E-state index in [2.05, 4.69) is 23.1 Å². The minimum atomic E-state index is -0.659. The van der Waals surface area contributed by atoms with Gasteiger partial charge in [-0.1, -0.05) is 17.7 Å². The molecule has 18 heavy (non-hydrogen) atoms. The molecule has 0 aromatic heterocycles. The van der Waals surface area contributed by atoms with E-state index in [0.29, 0.717) is 0 Å². The average Bonchev–Trinajstić information content (AvgIpc) is 2.99. The molecule has 3 rings (SSSR count). The molecule has 1 saturated heterocycles. The standard InChI is InChI=1S/C15H19NO2/c1-11-4-5-13(16-8-2-3-9-16)12(10-11)15(6-7-15)14(17)18/h4-5,10H,2-3,6-9H2,1H3,(H,17,18). The van der Waals surface area contributed by atoms with E-state index in [9.17, 15) is 9.90 Å². The molecule has 1 aliphatic carbocycles. The second-order valence-electron chi connectivity index (χ2n) is 5.60. The summed E-state index contributed by atoms with van der Waals surface area (Å²) in [7, 11) is 0. The second-order valence-corrected chi connectivity index (χ2v) is 5.60. The molecule has 0 spiro atoms. The largest absolute Gasteiger partial charge is 0.481 e. The van der Waals surface area contributed by atoms with Crippen LogP contribution in [-0.4, -0.2) is 24.2 Å². The zero-order chi connectivity index (χ0) is 12.8. The molecule has 1 aliphatic heterocycles. The first-order valence-electron chi connectivity index (χ1n) is 6.73. The summed E-state index contributed by atoms with van der Waals surface area (Å²) in [5, 5.41) is 9.50. The molecule has 0 atom stereocenters. The molecule has 1 aromatic carbocycles. The van der Waals surface area contributed by atoms with Crippen molar-refractivity contribution in [3.8, 4) is 0 Å². The first kappa shape index (κ1) is 11.6. The summed E-state index contributed by atoms with van der Waals surface area (Å²) in [6.07, 6.45) is 4.00. The number of hydrogen-bond acceptors (Lipinski definition) is 2. The quantitative estimate of drug-likeness (QED) is 0.890. The van der Waals surface area contributed by atoms with Gasteiger partial charge in [0.1, 0.15) is 0 Å². The van der Waals surface area contributed by atoms with Crippen LogP contribution >= 0.6 is 0 Å². The summed E-state index contributed by atoms with van der Waals surface area (Å²) < 4.78 is 0. The number of carboxylic acids is 1. The van der Waals surface area contributed by atoms with Crippen molar-refractivity contribution in [1.82, 2.24) is 0 Å². The Morgan fingerprint density at radius 3 is 2.50 bits per heavy atom. The molecular weight excluding hydrogens is 226 g/mol. The van der Waals surface area contributed by atoms with Crippen LogP contribution in [0.2, 0.25) is 0 Å². The smallest absolute Gasteiger partial charge is 0.314 e. The van der Waals surface area contributed by atoms with E-state index in [1.54, 1.807) is 0 Å². The zero-order valence-electron chi connectivity index (χ0n) is 10.8. The van der Waals surface area contributed by atoms with Crippen LogP contribution in [0.5, 0.6) is 0 Å². The number of aryl methyl sites for hydroxylation is 1. The Balaban J connectivity index is 2.06. The van der Waals surface area contributed by atoms with Gasteiger partial charge in [0, 0.05) is 18.8 Å². The number of anilines is 1. The van der Waals surface area contributed by atoms with E-state index in [0.717, 1.165) is 42.7 Å². The lowest BCUT2D eigenvalue weighted by Gasteiger charge is -2.24. The van der Waals surface area contributed by atoms with Crippen molar-refractivity contribution in [1.29, 1.82) is 0 Å². The predicted octanol–water partition coefficient (Wildman–Crippen LogP) is 2.71. The summed E-state index contributed by atoms with van der Waals surface area (Å²) in [4.78, 5) is 13.9. The maximum Gasteiger partial charge on any atom is 0.314 e. The molecule has 0 unspecified atom stereocenters. The molecule has 0 amide bonds. The van der Waals surface area contributed by atoms with Crippen LogP contribution in [0.4, 0.5) is 5.69 Å². The lowest BCUT2D eigenvalue weighted by molar-refractivity contribution is -0.140. The van der Waals surface area contributed by atoms with E-state index in [1.807, 2.05) is 6.92 Å². The fourth-order valence-corrected chi connectivity index (χ4v) is 2.99. The maximum atomic E-state index is 11.5. The molecular formula is C15H19NO2. The van der Waals surface area contributed by atoms with E-state index in [4.69, 9.17) is 0 Å². The summed E-state index contributed by atoms with van der Waals surface area (Å²) >= 11 is 0. The van der Waals surface area contributed by atoms with Crippen LogP contribution in [0.1, 0.15) is 36.8 Å². The monoisotopic (exact) mass is 245 g/mol. The highest BCUT2D eigenvalue weighted by molar-refractivity contribution is 5.87. The van der Waals surface area contributed by atoms with Crippen LogP contribution < -0.4 is 4.90 Å². The van der Waals surface area contributed by atoms with Crippen molar-refractivity contribution in [3.05, 3.63) is 29.3 Å². The highest BCUT2D eigenvalue weighted by Gasteiger charge is 2.53. The van der Waals surface area contributed by atoms with Gasteiger partial charge in [-0.15, -0.1) is 0 Å². The summed E-state index contributed by atoms with van der Waals surface area (Å²) in [6.45, 7) is 4.16. The Kier molecular flexibility index (Phi) is 2.58.